The van der Waals surface area contributed by atoms with Crippen LogP contribution in [0, 0.1) is 5.41 Å². The predicted molar refractivity (Wildman–Crippen MR) is 74.2 cm³/mol. The molecule has 0 spiro atoms. The van der Waals surface area contributed by atoms with Gasteiger partial charge >= 0.3 is 11.7 Å². The Morgan fingerprint density at radius 3 is 2.43 bits per heavy atom. The molecule has 0 radical (unpaired) electrons. The molecule has 5 nitrogen and oxygen atoms in total. The van der Waals surface area contributed by atoms with Crippen LogP contribution in [0.3, 0.4) is 0 Å². The molecule has 0 aliphatic carbocycles. The Balaban J connectivity index is 3.10. The fourth-order valence-corrected chi connectivity index (χ4v) is 2.51. The van der Waals surface area contributed by atoms with Crippen LogP contribution < -0.4 is 5.32 Å². The van der Waals surface area contributed by atoms with Gasteiger partial charge in [-0.25, -0.2) is 8.42 Å². The monoisotopic (exact) mass is 321 g/mol. The number of benzene rings is 1. The summed E-state index contributed by atoms with van der Waals surface area (Å²) in [7, 11) is -4.75. The Hall–Kier alpha value is -1.70. The molecule has 0 heterocycles. The molecule has 0 aromatic heterocycles. The van der Waals surface area contributed by atoms with E-state index in [4.69, 9.17) is 5.11 Å². The molecule has 8 heteroatoms. The third-order valence-corrected chi connectivity index (χ3v) is 4.83. The molecule has 1 atom stereocenters. The molecule has 1 unspecified atom stereocenters. The summed E-state index contributed by atoms with van der Waals surface area (Å²) in [6.45, 7) is 3.10. The Morgan fingerprint density at radius 1 is 1.38 bits per heavy atom. The lowest BCUT2D eigenvalue weighted by Crippen LogP contribution is -2.34. The Morgan fingerprint density at radius 2 is 1.95 bits per heavy atom. The number of hydrogen-bond acceptors (Lipinski definition) is 4. The second-order valence-corrected chi connectivity index (χ2v) is 6.76. The molecule has 0 aliphatic heterocycles. The van der Waals surface area contributed by atoms with Crippen molar-refractivity contribution in [3.05, 3.63) is 24.3 Å². The van der Waals surface area contributed by atoms with Crippen LogP contribution in [0.2, 0.25) is 0 Å². The van der Waals surface area contributed by atoms with E-state index in [0.717, 1.165) is 6.07 Å². The molecule has 0 amide bonds. The summed E-state index contributed by atoms with van der Waals surface area (Å²) in [5.74, 6) is -4.58. The standard InChI is InChI=1S/C13H17F2NO4S/c1-3-13(2,11(17)18)8-16-9-6-4-5-7-10(9)21(19,20)12(14)15/h4-7,12,16H,3,8H2,1-2H3,(H,17,18). The van der Waals surface area contributed by atoms with Crippen molar-refractivity contribution in [3.63, 3.8) is 0 Å². The molecule has 21 heavy (non-hydrogen) atoms. The van der Waals surface area contributed by atoms with Crippen LogP contribution in [0.25, 0.3) is 0 Å². The average Bonchev–Trinajstić information content (AvgIpc) is 2.44. The molecule has 118 valence electrons. The average molecular weight is 321 g/mol. The van der Waals surface area contributed by atoms with Gasteiger partial charge in [0.25, 0.3) is 0 Å². The van der Waals surface area contributed by atoms with E-state index < -0.39 is 31.9 Å². The van der Waals surface area contributed by atoms with E-state index in [0.29, 0.717) is 6.42 Å². The minimum Gasteiger partial charge on any atom is -0.481 e. The van der Waals surface area contributed by atoms with Crippen molar-refractivity contribution in [3.8, 4) is 0 Å². The van der Waals surface area contributed by atoms with Crippen LogP contribution in [0.15, 0.2) is 29.2 Å². The van der Waals surface area contributed by atoms with Crippen molar-refractivity contribution in [2.45, 2.75) is 30.9 Å². The first-order chi connectivity index (χ1) is 9.65. The van der Waals surface area contributed by atoms with Crippen LogP contribution in [0.5, 0.6) is 0 Å². The second-order valence-electron chi connectivity index (χ2n) is 4.87. The van der Waals surface area contributed by atoms with Crippen LogP contribution in [-0.4, -0.2) is 31.8 Å². The summed E-state index contributed by atoms with van der Waals surface area (Å²) in [6.07, 6.45) is 0.305. The van der Waals surface area contributed by atoms with Crippen molar-refractivity contribution in [1.82, 2.24) is 0 Å². The number of rotatable bonds is 7. The molecule has 2 N–H and O–H groups in total. The number of nitrogens with one attached hydrogen (secondary N) is 1. The third-order valence-electron chi connectivity index (χ3n) is 3.39. The fraction of sp³-hybridized carbons (Fsp3) is 0.462. The van der Waals surface area contributed by atoms with E-state index in [1.807, 2.05) is 0 Å². The minimum absolute atomic E-state index is 0.0290. The first-order valence-corrected chi connectivity index (χ1v) is 7.78. The number of aliphatic carboxylic acids is 1. The highest BCUT2D eigenvalue weighted by Crippen LogP contribution is 2.28. The van der Waals surface area contributed by atoms with E-state index in [2.05, 4.69) is 5.32 Å². The van der Waals surface area contributed by atoms with E-state index in [-0.39, 0.29) is 12.2 Å². The van der Waals surface area contributed by atoms with Gasteiger partial charge in [0.1, 0.15) is 0 Å². The number of para-hydroxylation sites is 1. The molecule has 0 bridgehead atoms. The Bertz CT molecular complexity index is 618. The minimum atomic E-state index is -4.75. The first-order valence-electron chi connectivity index (χ1n) is 6.23. The number of carbonyl (C=O) groups is 1. The van der Waals surface area contributed by atoms with Gasteiger partial charge in [-0.1, -0.05) is 19.1 Å². The zero-order valence-electron chi connectivity index (χ0n) is 11.6. The number of anilines is 1. The van der Waals surface area contributed by atoms with Crippen molar-refractivity contribution in [2.75, 3.05) is 11.9 Å². The molecular formula is C13H17F2NO4S. The van der Waals surface area contributed by atoms with Gasteiger partial charge in [0.15, 0.2) is 0 Å². The Kier molecular flexibility index (Phi) is 5.27. The molecular weight excluding hydrogens is 304 g/mol. The molecule has 0 fully saturated rings. The maximum absolute atomic E-state index is 12.6. The van der Waals surface area contributed by atoms with Gasteiger partial charge in [0, 0.05) is 6.54 Å². The molecule has 1 rings (SSSR count). The lowest BCUT2D eigenvalue weighted by Gasteiger charge is -2.24. The SMILES string of the molecule is CCC(C)(CNc1ccccc1S(=O)(=O)C(F)F)C(=O)O. The van der Waals surface area contributed by atoms with Crippen molar-refractivity contribution in [1.29, 1.82) is 0 Å². The molecule has 0 aliphatic rings. The highest BCUT2D eigenvalue weighted by Gasteiger charge is 2.33. The number of alkyl halides is 2. The Labute approximate surface area is 121 Å². The lowest BCUT2D eigenvalue weighted by atomic mass is 9.87. The van der Waals surface area contributed by atoms with E-state index in [1.165, 1.54) is 25.1 Å². The van der Waals surface area contributed by atoms with Crippen LogP contribution >= 0.6 is 0 Å². The smallest absolute Gasteiger partial charge is 0.341 e. The normalized spacial score (nSPS) is 14.7. The van der Waals surface area contributed by atoms with Crippen LogP contribution in [0.4, 0.5) is 14.5 Å². The maximum atomic E-state index is 12.6. The zero-order chi connectivity index (χ0) is 16.3. The summed E-state index contributed by atoms with van der Waals surface area (Å²) < 4.78 is 48.4. The largest absolute Gasteiger partial charge is 0.481 e. The number of halogens is 2. The van der Waals surface area contributed by atoms with Crippen molar-refractivity contribution in [2.24, 2.45) is 5.41 Å². The van der Waals surface area contributed by atoms with Gasteiger partial charge in [-0.2, -0.15) is 8.78 Å². The lowest BCUT2D eigenvalue weighted by molar-refractivity contribution is -0.147. The molecule has 1 aromatic carbocycles. The summed E-state index contributed by atoms with van der Waals surface area (Å²) in [4.78, 5) is 10.6. The van der Waals surface area contributed by atoms with Gasteiger partial charge in [-0.15, -0.1) is 0 Å². The van der Waals surface area contributed by atoms with Gasteiger partial charge < -0.3 is 10.4 Å². The quantitative estimate of drug-likeness (QED) is 0.806. The van der Waals surface area contributed by atoms with Gasteiger partial charge in [0.2, 0.25) is 9.84 Å². The van der Waals surface area contributed by atoms with Gasteiger partial charge in [0.05, 0.1) is 16.0 Å². The second kappa shape index (κ2) is 6.38. The number of carboxylic acids is 1. The summed E-state index contributed by atoms with van der Waals surface area (Å²) in [6, 6.07) is 5.20. The number of carboxylic acid groups (broad SMARTS) is 1. The van der Waals surface area contributed by atoms with Gasteiger partial charge in [-0.3, -0.25) is 4.79 Å². The van der Waals surface area contributed by atoms with Crippen molar-refractivity contribution >= 4 is 21.5 Å². The van der Waals surface area contributed by atoms with E-state index in [1.54, 1.807) is 6.92 Å². The van der Waals surface area contributed by atoms with Crippen LogP contribution in [-0.2, 0) is 14.6 Å². The predicted octanol–water partition coefficient (Wildman–Crippen LogP) is 2.60. The maximum Gasteiger partial charge on any atom is 0.341 e. The summed E-state index contributed by atoms with van der Waals surface area (Å²) >= 11 is 0. The highest BCUT2D eigenvalue weighted by atomic mass is 32.2. The molecule has 1 aromatic rings. The number of sulfone groups is 1. The fourth-order valence-electron chi connectivity index (χ4n) is 1.60. The molecule has 0 saturated carbocycles. The van der Waals surface area contributed by atoms with E-state index in [9.17, 15) is 22.0 Å². The summed E-state index contributed by atoms with van der Waals surface area (Å²) in [5, 5.41) is 11.8. The third kappa shape index (κ3) is 3.69. The molecule has 0 saturated heterocycles. The van der Waals surface area contributed by atoms with Crippen molar-refractivity contribution < 1.29 is 27.1 Å². The van der Waals surface area contributed by atoms with Gasteiger partial charge in [-0.05, 0) is 25.5 Å². The van der Waals surface area contributed by atoms with E-state index >= 15 is 0 Å². The van der Waals surface area contributed by atoms with Crippen LogP contribution in [0.1, 0.15) is 20.3 Å². The summed E-state index contributed by atoms with van der Waals surface area (Å²) in [5.41, 5.74) is -1.15. The highest BCUT2D eigenvalue weighted by molar-refractivity contribution is 7.91. The zero-order valence-corrected chi connectivity index (χ0v) is 12.5. The first kappa shape index (κ1) is 17.4. The number of hydrogen-bond donors (Lipinski definition) is 2. The topological polar surface area (TPSA) is 83.5 Å².